The van der Waals surface area contributed by atoms with Gasteiger partial charge in [-0.05, 0) is 74.4 Å². The molecule has 0 N–H and O–H groups in total. The summed E-state index contributed by atoms with van der Waals surface area (Å²) in [6, 6.07) is 19.5. The zero-order valence-electron chi connectivity index (χ0n) is 26.4. The van der Waals surface area contributed by atoms with Crippen LogP contribution >= 0.6 is 11.3 Å². The van der Waals surface area contributed by atoms with Gasteiger partial charge in [0.1, 0.15) is 19.0 Å². The number of hydrogen-bond acceptors (Lipinski definition) is 10. The van der Waals surface area contributed by atoms with Gasteiger partial charge in [-0.15, -0.1) is 0 Å². The number of thiazole rings is 1. The molecule has 0 radical (unpaired) electrons. The van der Waals surface area contributed by atoms with Gasteiger partial charge in [0.25, 0.3) is 5.56 Å². The second kappa shape index (κ2) is 14.8. The molecular formula is C35H36N2O8S. The van der Waals surface area contributed by atoms with Gasteiger partial charge in [0.05, 0.1) is 49.3 Å². The quantitative estimate of drug-likeness (QED) is 0.153. The molecule has 0 spiro atoms. The number of benzene rings is 3. The lowest BCUT2D eigenvalue weighted by Crippen LogP contribution is -2.39. The number of methoxy groups -OCH3 is 2. The van der Waals surface area contributed by atoms with Crippen molar-refractivity contribution in [1.29, 1.82) is 0 Å². The molecule has 1 aliphatic rings. The minimum Gasteiger partial charge on any atom is -0.497 e. The lowest BCUT2D eigenvalue weighted by Gasteiger charge is -2.24. The molecule has 0 fully saturated rings. The fourth-order valence-corrected chi connectivity index (χ4v) is 6.13. The minimum atomic E-state index is -0.712. The van der Waals surface area contributed by atoms with Gasteiger partial charge in [0.15, 0.2) is 27.8 Å². The third kappa shape index (κ3) is 6.94. The highest BCUT2D eigenvalue weighted by Crippen LogP contribution is 2.32. The highest BCUT2D eigenvalue weighted by Gasteiger charge is 2.33. The lowest BCUT2D eigenvalue weighted by molar-refractivity contribution is -0.139. The Bertz CT molecular complexity index is 1910. The first kappa shape index (κ1) is 32.4. The Labute approximate surface area is 270 Å². The average molecular weight is 645 g/mol. The van der Waals surface area contributed by atoms with Gasteiger partial charge in [-0.25, -0.2) is 9.79 Å². The third-order valence-electron chi connectivity index (χ3n) is 7.18. The summed E-state index contributed by atoms with van der Waals surface area (Å²) in [6.07, 6.45) is 1.79. The molecule has 1 aliphatic heterocycles. The summed E-state index contributed by atoms with van der Waals surface area (Å²) in [4.78, 5) is 32.3. The van der Waals surface area contributed by atoms with Crippen LogP contribution in [-0.4, -0.2) is 51.2 Å². The van der Waals surface area contributed by atoms with Crippen LogP contribution < -0.4 is 38.6 Å². The lowest BCUT2D eigenvalue weighted by atomic mass is 9.96. The van der Waals surface area contributed by atoms with Crippen LogP contribution in [0, 0.1) is 0 Å². The van der Waals surface area contributed by atoms with Crippen molar-refractivity contribution >= 4 is 23.4 Å². The Morgan fingerprint density at radius 3 is 2.22 bits per heavy atom. The topological polar surface area (TPSA) is 107 Å². The number of carbonyl (C=O) groups is 1. The number of esters is 1. The molecule has 2 heterocycles. The van der Waals surface area contributed by atoms with E-state index >= 15 is 0 Å². The van der Waals surface area contributed by atoms with Crippen molar-refractivity contribution in [2.24, 2.45) is 4.99 Å². The van der Waals surface area contributed by atoms with Gasteiger partial charge >= 0.3 is 5.97 Å². The first-order valence-corrected chi connectivity index (χ1v) is 15.7. The van der Waals surface area contributed by atoms with Crippen molar-refractivity contribution in [3.63, 3.8) is 0 Å². The number of fused-ring (bicyclic) bond motifs is 1. The summed E-state index contributed by atoms with van der Waals surface area (Å²) in [6.45, 7) is 6.61. The molecule has 5 rings (SSSR count). The summed E-state index contributed by atoms with van der Waals surface area (Å²) < 4.78 is 35.7. The third-order valence-corrected chi connectivity index (χ3v) is 8.16. The van der Waals surface area contributed by atoms with E-state index in [1.54, 1.807) is 56.9 Å². The highest BCUT2D eigenvalue weighted by molar-refractivity contribution is 7.07. The fourth-order valence-electron chi connectivity index (χ4n) is 5.09. The minimum absolute atomic E-state index is 0.200. The van der Waals surface area contributed by atoms with Crippen molar-refractivity contribution in [1.82, 2.24) is 4.57 Å². The van der Waals surface area contributed by atoms with Gasteiger partial charge in [0.2, 0.25) is 0 Å². The standard InChI is InChI=1S/C35H36N2O8S/c1-6-42-29-20-23(12-17-28(29)45-19-18-44-27-11-9-8-10-26(27)41-5)21-30-33(38)37-32(24-13-15-25(40-4)16-14-24)31(34(39)43-7-2)22(3)36-35(37)46-30/h8-17,20-21,32H,6-7,18-19H2,1-5H3/b30-21+. The molecule has 1 atom stereocenters. The SMILES string of the molecule is CCOC(=O)C1=C(C)N=c2s/c(=C/c3ccc(OCCOc4ccccc4OC)c(OCC)c3)c(=O)n2C1c1ccc(OC)cc1. The monoisotopic (exact) mass is 644 g/mol. The van der Waals surface area contributed by atoms with Gasteiger partial charge in [-0.2, -0.15) is 0 Å². The normalized spacial score (nSPS) is 14.3. The maximum absolute atomic E-state index is 14.0. The summed E-state index contributed by atoms with van der Waals surface area (Å²) in [5, 5.41) is 0. The van der Waals surface area contributed by atoms with E-state index in [9.17, 15) is 9.59 Å². The summed E-state index contributed by atoms with van der Waals surface area (Å²) in [7, 11) is 3.18. The molecular weight excluding hydrogens is 608 g/mol. The number of nitrogens with zero attached hydrogens (tertiary/aromatic N) is 2. The molecule has 11 heteroatoms. The number of carbonyl (C=O) groups excluding carboxylic acids is 1. The predicted molar refractivity (Wildman–Crippen MR) is 175 cm³/mol. The Balaban J connectivity index is 1.45. The largest absolute Gasteiger partial charge is 0.497 e. The first-order valence-electron chi connectivity index (χ1n) is 14.9. The van der Waals surface area contributed by atoms with E-state index in [0.717, 1.165) is 11.1 Å². The van der Waals surface area contributed by atoms with Crippen LogP contribution in [0.4, 0.5) is 0 Å². The van der Waals surface area contributed by atoms with Gasteiger partial charge in [-0.3, -0.25) is 9.36 Å². The van der Waals surface area contributed by atoms with Crippen molar-refractivity contribution in [2.45, 2.75) is 26.8 Å². The molecule has 4 aromatic rings. The molecule has 0 bridgehead atoms. The smallest absolute Gasteiger partial charge is 0.338 e. The van der Waals surface area contributed by atoms with Crippen molar-refractivity contribution in [3.05, 3.63) is 109 Å². The summed E-state index contributed by atoms with van der Waals surface area (Å²) >= 11 is 1.25. The maximum Gasteiger partial charge on any atom is 0.338 e. The van der Waals surface area contributed by atoms with Crippen LogP contribution in [0.3, 0.4) is 0 Å². The second-order valence-corrected chi connectivity index (χ2v) is 11.1. The first-order chi connectivity index (χ1) is 22.4. The Kier molecular flexibility index (Phi) is 10.4. The molecule has 1 aromatic heterocycles. The zero-order valence-corrected chi connectivity index (χ0v) is 27.2. The van der Waals surface area contributed by atoms with E-state index in [1.807, 2.05) is 55.5 Å². The van der Waals surface area contributed by atoms with E-state index in [1.165, 1.54) is 11.3 Å². The molecule has 10 nitrogen and oxygen atoms in total. The summed E-state index contributed by atoms with van der Waals surface area (Å²) in [5.41, 5.74) is 2.03. The van der Waals surface area contributed by atoms with Crippen molar-refractivity contribution < 1.29 is 33.2 Å². The Morgan fingerprint density at radius 1 is 0.870 bits per heavy atom. The number of allylic oxidation sites excluding steroid dienone is 1. The molecule has 3 aromatic carbocycles. The molecule has 0 saturated heterocycles. The average Bonchev–Trinajstić information content (AvgIpc) is 3.37. The predicted octanol–water partition coefficient (Wildman–Crippen LogP) is 4.67. The van der Waals surface area contributed by atoms with Gasteiger partial charge in [-0.1, -0.05) is 41.7 Å². The number of para-hydroxylation sites is 2. The van der Waals surface area contributed by atoms with Crippen LogP contribution in [0.1, 0.15) is 37.9 Å². The second-order valence-electron chi connectivity index (χ2n) is 10.1. The van der Waals surface area contributed by atoms with Crippen LogP contribution in [0.2, 0.25) is 0 Å². The van der Waals surface area contributed by atoms with E-state index in [4.69, 9.17) is 28.4 Å². The Hall–Kier alpha value is -5.03. The van der Waals surface area contributed by atoms with E-state index in [-0.39, 0.29) is 18.8 Å². The number of rotatable bonds is 13. The zero-order chi connectivity index (χ0) is 32.6. The highest BCUT2D eigenvalue weighted by atomic mass is 32.1. The molecule has 46 heavy (non-hydrogen) atoms. The molecule has 0 amide bonds. The van der Waals surface area contributed by atoms with E-state index < -0.39 is 12.0 Å². The molecule has 240 valence electrons. The van der Waals surface area contributed by atoms with Crippen LogP contribution in [0.25, 0.3) is 6.08 Å². The molecule has 0 aliphatic carbocycles. The number of ether oxygens (including phenoxy) is 6. The van der Waals surface area contributed by atoms with Crippen LogP contribution in [0.15, 0.2) is 87.8 Å². The van der Waals surface area contributed by atoms with Gasteiger partial charge < -0.3 is 28.4 Å². The maximum atomic E-state index is 14.0. The summed E-state index contributed by atoms with van der Waals surface area (Å²) in [5.74, 6) is 2.53. The van der Waals surface area contributed by atoms with Gasteiger partial charge in [0, 0.05) is 0 Å². The van der Waals surface area contributed by atoms with Crippen LogP contribution in [0.5, 0.6) is 28.7 Å². The Morgan fingerprint density at radius 2 is 1.57 bits per heavy atom. The number of hydrogen-bond donors (Lipinski definition) is 0. The van der Waals surface area contributed by atoms with Crippen LogP contribution in [-0.2, 0) is 9.53 Å². The fraction of sp³-hybridized carbons (Fsp3) is 0.286. The van der Waals surface area contributed by atoms with Crippen molar-refractivity contribution in [2.75, 3.05) is 40.6 Å². The van der Waals surface area contributed by atoms with E-state index in [0.29, 0.717) is 62.6 Å². The van der Waals surface area contributed by atoms with E-state index in [2.05, 4.69) is 4.99 Å². The molecule has 0 saturated carbocycles. The van der Waals surface area contributed by atoms with Crippen molar-refractivity contribution in [3.8, 4) is 28.7 Å². The molecule has 1 unspecified atom stereocenters. The number of aromatic nitrogens is 1.